The molecular weight excluding hydrogens is 476 g/mol. The van der Waals surface area contributed by atoms with Crippen LogP contribution in [0.25, 0.3) is 16.8 Å². The van der Waals surface area contributed by atoms with Crippen molar-refractivity contribution < 1.29 is 19.2 Å². The first kappa shape index (κ1) is 23.3. The Kier molecular flexibility index (Phi) is 6.51. The molecule has 0 aromatic heterocycles. The number of nitro benzene ring substituents is 1. The zero-order valence-corrected chi connectivity index (χ0v) is 19.8. The topological polar surface area (TPSA) is 89.7 Å². The molecule has 0 atom stereocenters. The van der Waals surface area contributed by atoms with E-state index in [1.165, 1.54) is 17.0 Å². The number of non-ortho nitro benzene ring substituents is 1. The van der Waals surface area contributed by atoms with Crippen LogP contribution in [0.1, 0.15) is 16.7 Å². The highest BCUT2D eigenvalue weighted by Gasteiger charge is 2.35. The van der Waals surface area contributed by atoms with Crippen LogP contribution < -0.4 is 4.74 Å². The minimum Gasteiger partial charge on any atom is -0.488 e. The van der Waals surface area contributed by atoms with Gasteiger partial charge in [0.15, 0.2) is 0 Å². The number of amides is 2. The van der Waals surface area contributed by atoms with Crippen molar-refractivity contribution >= 4 is 45.4 Å². The smallest absolute Gasteiger partial charge is 0.293 e. The summed E-state index contributed by atoms with van der Waals surface area (Å²) in [4.78, 5) is 37.9. The number of benzene rings is 4. The highest BCUT2D eigenvalue weighted by molar-refractivity contribution is 8.18. The lowest BCUT2D eigenvalue weighted by Gasteiger charge is -2.14. The summed E-state index contributed by atoms with van der Waals surface area (Å²) in [6.07, 6.45) is 1.67. The van der Waals surface area contributed by atoms with Gasteiger partial charge in [-0.25, -0.2) is 0 Å². The number of imide groups is 1. The zero-order valence-electron chi connectivity index (χ0n) is 19.0. The first-order valence-electron chi connectivity index (χ1n) is 11.2. The standard InChI is InChI=1S/C28H20N2O5S/c31-27-26(36-28(32)29(27)17-22-9-5-8-20-6-1-3-10-24(20)22)16-21-7-2-4-11-25(21)35-18-19-12-14-23(15-13-19)30(33)34/h1-16H,17-18H2/b26-16-. The molecule has 36 heavy (non-hydrogen) atoms. The van der Waals surface area contributed by atoms with Gasteiger partial charge in [-0.3, -0.25) is 24.6 Å². The molecule has 5 rings (SSSR count). The summed E-state index contributed by atoms with van der Waals surface area (Å²) >= 11 is 0.908. The Hall–Kier alpha value is -4.43. The SMILES string of the molecule is O=C1S/C(=C\c2ccccc2OCc2ccc([N+](=O)[O-])cc2)C(=O)N1Cc1cccc2ccccc12. The number of rotatable bonds is 7. The second-order valence-electron chi connectivity index (χ2n) is 8.16. The van der Waals surface area contributed by atoms with Gasteiger partial charge in [0.25, 0.3) is 16.8 Å². The molecule has 4 aromatic carbocycles. The van der Waals surface area contributed by atoms with Crippen molar-refractivity contribution in [2.45, 2.75) is 13.2 Å². The number of ether oxygens (including phenoxy) is 1. The maximum Gasteiger partial charge on any atom is 0.293 e. The highest BCUT2D eigenvalue weighted by Crippen LogP contribution is 2.35. The number of carbonyl (C=O) groups excluding carboxylic acids is 2. The third-order valence-corrected chi connectivity index (χ3v) is 6.74. The van der Waals surface area contributed by atoms with Crippen molar-refractivity contribution in [1.82, 2.24) is 4.90 Å². The van der Waals surface area contributed by atoms with E-state index in [9.17, 15) is 19.7 Å². The van der Waals surface area contributed by atoms with Crippen LogP contribution in [0.2, 0.25) is 0 Å². The van der Waals surface area contributed by atoms with Crippen LogP contribution in [0.3, 0.4) is 0 Å². The molecule has 0 N–H and O–H groups in total. The normalized spacial score (nSPS) is 14.6. The molecular formula is C28H20N2O5S. The van der Waals surface area contributed by atoms with E-state index in [0.29, 0.717) is 16.2 Å². The maximum absolute atomic E-state index is 13.2. The van der Waals surface area contributed by atoms with Crippen LogP contribution in [0.4, 0.5) is 10.5 Å². The van der Waals surface area contributed by atoms with E-state index in [4.69, 9.17) is 4.74 Å². The molecule has 1 aliphatic rings. The minimum atomic E-state index is -0.451. The van der Waals surface area contributed by atoms with Crippen molar-refractivity contribution in [2.75, 3.05) is 0 Å². The summed E-state index contributed by atoms with van der Waals surface area (Å²) in [5.74, 6) is 0.194. The van der Waals surface area contributed by atoms with Gasteiger partial charge in [0, 0.05) is 17.7 Å². The van der Waals surface area contributed by atoms with Crippen LogP contribution in [0.15, 0.2) is 95.9 Å². The lowest BCUT2D eigenvalue weighted by molar-refractivity contribution is -0.384. The second-order valence-corrected chi connectivity index (χ2v) is 9.15. The number of thioether (sulfide) groups is 1. The van der Waals surface area contributed by atoms with E-state index in [-0.39, 0.29) is 30.0 Å². The van der Waals surface area contributed by atoms with Gasteiger partial charge < -0.3 is 4.74 Å². The Morgan fingerprint density at radius 3 is 2.42 bits per heavy atom. The summed E-state index contributed by atoms with van der Waals surface area (Å²) in [6.45, 7) is 0.396. The number of hydrogen-bond acceptors (Lipinski definition) is 6. The predicted octanol–water partition coefficient (Wildman–Crippen LogP) is 6.56. The Labute approximate surface area is 211 Å². The van der Waals surface area contributed by atoms with E-state index in [2.05, 4.69) is 0 Å². The predicted molar refractivity (Wildman–Crippen MR) is 139 cm³/mol. The van der Waals surface area contributed by atoms with Gasteiger partial charge in [-0.15, -0.1) is 0 Å². The molecule has 1 heterocycles. The minimum absolute atomic E-state index is 0.0124. The average molecular weight is 497 g/mol. The fraction of sp³-hybridized carbons (Fsp3) is 0.0714. The van der Waals surface area contributed by atoms with Crippen molar-refractivity contribution in [3.05, 3.63) is 123 Å². The fourth-order valence-electron chi connectivity index (χ4n) is 3.98. The number of nitro groups is 1. The molecule has 7 nitrogen and oxygen atoms in total. The lowest BCUT2D eigenvalue weighted by Crippen LogP contribution is -2.27. The van der Waals surface area contributed by atoms with Gasteiger partial charge in [0.05, 0.1) is 16.4 Å². The molecule has 1 aliphatic heterocycles. The summed E-state index contributed by atoms with van der Waals surface area (Å²) in [5, 5.41) is 12.6. The molecule has 1 fully saturated rings. The summed E-state index contributed by atoms with van der Waals surface area (Å²) in [5.41, 5.74) is 2.35. The van der Waals surface area contributed by atoms with Crippen molar-refractivity contribution in [1.29, 1.82) is 0 Å². The largest absolute Gasteiger partial charge is 0.488 e. The number of carbonyl (C=O) groups is 2. The van der Waals surface area contributed by atoms with Crippen LogP contribution in [-0.4, -0.2) is 21.0 Å². The molecule has 4 aromatic rings. The van der Waals surface area contributed by atoms with Gasteiger partial charge in [0.2, 0.25) is 0 Å². The van der Waals surface area contributed by atoms with Gasteiger partial charge in [-0.05, 0) is 57.9 Å². The molecule has 0 aliphatic carbocycles. The molecule has 0 saturated carbocycles. The Morgan fingerprint density at radius 1 is 0.889 bits per heavy atom. The third-order valence-electron chi connectivity index (χ3n) is 5.83. The summed E-state index contributed by atoms with van der Waals surface area (Å²) in [6, 6.07) is 27.1. The number of hydrogen-bond donors (Lipinski definition) is 0. The van der Waals surface area contributed by atoms with Crippen molar-refractivity contribution in [3.8, 4) is 5.75 Å². The van der Waals surface area contributed by atoms with E-state index in [1.54, 1.807) is 24.3 Å². The number of nitrogens with zero attached hydrogens (tertiary/aromatic N) is 2. The first-order chi connectivity index (χ1) is 17.5. The van der Waals surface area contributed by atoms with E-state index in [0.717, 1.165) is 33.7 Å². The fourth-order valence-corrected chi connectivity index (χ4v) is 4.81. The number of fused-ring (bicyclic) bond motifs is 1. The lowest BCUT2D eigenvalue weighted by atomic mass is 10.0. The molecule has 0 spiro atoms. The van der Waals surface area contributed by atoms with Crippen LogP contribution >= 0.6 is 11.8 Å². The quantitative estimate of drug-likeness (QED) is 0.163. The first-order valence-corrected chi connectivity index (χ1v) is 12.0. The Bertz CT molecular complexity index is 1510. The third kappa shape index (κ3) is 4.85. The maximum atomic E-state index is 13.2. The Balaban J connectivity index is 1.34. The van der Waals surface area contributed by atoms with Crippen LogP contribution in [0.5, 0.6) is 5.75 Å². The van der Waals surface area contributed by atoms with E-state index in [1.807, 2.05) is 60.7 Å². The van der Waals surface area contributed by atoms with E-state index >= 15 is 0 Å². The molecule has 0 unspecified atom stereocenters. The Morgan fingerprint density at radius 2 is 1.61 bits per heavy atom. The molecule has 8 heteroatoms. The van der Waals surface area contributed by atoms with Crippen LogP contribution in [0, 0.1) is 10.1 Å². The van der Waals surface area contributed by atoms with Crippen LogP contribution in [-0.2, 0) is 17.9 Å². The van der Waals surface area contributed by atoms with Gasteiger partial charge in [-0.2, -0.15) is 0 Å². The molecule has 0 radical (unpaired) electrons. The van der Waals surface area contributed by atoms with E-state index < -0.39 is 4.92 Å². The van der Waals surface area contributed by atoms with Gasteiger partial charge in [-0.1, -0.05) is 60.7 Å². The summed E-state index contributed by atoms with van der Waals surface area (Å²) in [7, 11) is 0. The average Bonchev–Trinajstić information content (AvgIpc) is 3.16. The monoisotopic (exact) mass is 496 g/mol. The second kappa shape index (κ2) is 10.1. The van der Waals surface area contributed by atoms with Crippen molar-refractivity contribution in [2.24, 2.45) is 0 Å². The molecule has 1 saturated heterocycles. The van der Waals surface area contributed by atoms with Crippen molar-refractivity contribution in [3.63, 3.8) is 0 Å². The van der Waals surface area contributed by atoms with Gasteiger partial charge >= 0.3 is 0 Å². The van der Waals surface area contributed by atoms with Gasteiger partial charge in [0.1, 0.15) is 12.4 Å². The zero-order chi connectivity index (χ0) is 25.1. The molecule has 0 bridgehead atoms. The molecule has 2 amide bonds. The number of para-hydroxylation sites is 1. The highest BCUT2D eigenvalue weighted by atomic mass is 32.2. The summed E-state index contributed by atoms with van der Waals surface area (Å²) < 4.78 is 5.93. The molecule has 178 valence electrons.